The zero-order valence-electron chi connectivity index (χ0n) is 12.2. The highest BCUT2D eigenvalue weighted by atomic mass is 32.1. The first-order chi connectivity index (χ1) is 11.4. The van der Waals surface area contributed by atoms with Crippen LogP contribution < -0.4 is 5.32 Å². The number of hydrogen-bond acceptors (Lipinski definition) is 3. The van der Waals surface area contributed by atoms with Crippen LogP contribution in [0.3, 0.4) is 0 Å². The Hall–Kier alpha value is -2.61. The standard InChI is InChI=1S/C16H12F3N3OS/c17-16(18,19)11-5-3-10(4-6-11)9-20-15(23)13-8-12(21-22-13)14-2-1-7-24-14/h1-8H,9H2,(H,20,23)(H,21,22). The summed E-state index contributed by atoms with van der Waals surface area (Å²) in [6.07, 6.45) is -4.37. The van der Waals surface area contributed by atoms with Gasteiger partial charge < -0.3 is 5.32 Å². The fraction of sp³-hybridized carbons (Fsp3) is 0.125. The molecule has 8 heteroatoms. The lowest BCUT2D eigenvalue weighted by atomic mass is 10.1. The molecular weight excluding hydrogens is 339 g/mol. The van der Waals surface area contributed by atoms with Crippen molar-refractivity contribution in [2.24, 2.45) is 0 Å². The van der Waals surface area contributed by atoms with E-state index >= 15 is 0 Å². The molecule has 0 aliphatic heterocycles. The van der Waals surface area contributed by atoms with Gasteiger partial charge in [-0.3, -0.25) is 9.89 Å². The number of thiophene rings is 1. The average molecular weight is 351 g/mol. The summed E-state index contributed by atoms with van der Waals surface area (Å²) in [4.78, 5) is 13.0. The van der Waals surface area contributed by atoms with Crippen molar-refractivity contribution in [1.82, 2.24) is 15.5 Å². The van der Waals surface area contributed by atoms with Crippen LogP contribution in [-0.2, 0) is 12.7 Å². The van der Waals surface area contributed by atoms with Gasteiger partial charge in [0.25, 0.3) is 5.91 Å². The van der Waals surface area contributed by atoms with Gasteiger partial charge in [0, 0.05) is 6.54 Å². The van der Waals surface area contributed by atoms with Crippen LogP contribution in [0.5, 0.6) is 0 Å². The Labute approximate surface area is 139 Å². The fourth-order valence-electron chi connectivity index (χ4n) is 2.08. The van der Waals surface area contributed by atoms with E-state index in [0.29, 0.717) is 5.56 Å². The number of carbonyl (C=O) groups excluding carboxylic acids is 1. The summed E-state index contributed by atoms with van der Waals surface area (Å²) < 4.78 is 37.5. The number of nitrogens with zero attached hydrogens (tertiary/aromatic N) is 1. The number of halogens is 3. The summed E-state index contributed by atoms with van der Waals surface area (Å²) in [7, 11) is 0. The molecule has 0 spiro atoms. The molecule has 0 aliphatic carbocycles. The summed E-state index contributed by atoms with van der Waals surface area (Å²) in [6.45, 7) is 0.123. The third kappa shape index (κ3) is 3.65. The van der Waals surface area contributed by atoms with Gasteiger partial charge in [0.2, 0.25) is 0 Å². The van der Waals surface area contributed by atoms with Gasteiger partial charge in [-0.15, -0.1) is 11.3 Å². The second-order valence-electron chi connectivity index (χ2n) is 5.02. The van der Waals surface area contributed by atoms with Gasteiger partial charge in [-0.1, -0.05) is 18.2 Å². The van der Waals surface area contributed by atoms with Crippen LogP contribution in [0.25, 0.3) is 10.6 Å². The smallest absolute Gasteiger partial charge is 0.347 e. The van der Waals surface area contributed by atoms with E-state index in [9.17, 15) is 18.0 Å². The summed E-state index contributed by atoms with van der Waals surface area (Å²) in [5, 5.41) is 11.3. The number of carbonyl (C=O) groups is 1. The van der Waals surface area contributed by atoms with Crippen molar-refractivity contribution >= 4 is 17.2 Å². The van der Waals surface area contributed by atoms with E-state index in [1.165, 1.54) is 23.5 Å². The highest BCUT2D eigenvalue weighted by molar-refractivity contribution is 7.13. The Balaban J connectivity index is 1.61. The Morgan fingerprint density at radius 1 is 1.21 bits per heavy atom. The average Bonchev–Trinajstić information content (AvgIpc) is 3.22. The third-order valence-corrected chi connectivity index (χ3v) is 4.23. The quantitative estimate of drug-likeness (QED) is 0.744. The van der Waals surface area contributed by atoms with Crippen molar-refractivity contribution < 1.29 is 18.0 Å². The Morgan fingerprint density at radius 2 is 1.96 bits per heavy atom. The van der Waals surface area contributed by atoms with Crippen molar-refractivity contribution in [1.29, 1.82) is 0 Å². The summed E-state index contributed by atoms with van der Waals surface area (Å²) >= 11 is 1.52. The van der Waals surface area contributed by atoms with E-state index in [2.05, 4.69) is 15.5 Å². The zero-order valence-corrected chi connectivity index (χ0v) is 13.0. The summed E-state index contributed by atoms with van der Waals surface area (Å²) in [5.41, 5.74) is 0.825. The van der Waals surface area contributed by atoms with Gasteiger partial charge in [-0.2, -0.15) is 18.3 Å². The molecule has 3 rings (SSSR count). The maximum atomic E-state index is 12.5. The number of benzene rings is 1. The maximum Gasteiger partial charge on any atom is 0.416 e. The molecule has 0 saturated heterocycles. The van der Waals surface area contributed by atoms with Crippen LogP contribution in [-0.4, -0.2) is 16.1 Å². The van der Waals surface area contributed by atoms with Crippen LogP contribution in [0.15, 0.2) is 47.8 Å². The molecule has 0 saturated carbocycles. The lowest BCUT2D eigenvalue weighted by Gasteiger charge is -2.08. The first kappa shape index (κ1) is 16.3. The summed E-state index contributed by atoms with van der Waals surface area (Å²) in [6, 6.07) is 10.1. The molecule has 124 valence electrons. The van der Waals surface area contributed by atoms with E-state index in [1.54, 1.807) is 6.07 Å². The first-order valence-electron chi connectivity index (χ1n) is 6.97. The molecule has 0 bridgehead atoms. The highest BCUT2D eigenvalue weighted by Gasteiger charge is 2.29. The van der Waals surface area contributed by atoms with E-state index < -0.39 is 17.6 Å². The monoisotopic (exact) mass is 351 g/mol. The highest BCUT2D eigenvalue weighted by Crippen LogP contribution is 2.29. The van der Waals surface area contributed by atoms with Crippen LogP contribution in [0.1, 0.15) is 21.6 Å². The van der Waals surface area contributed by atoms with Gasteiger partial charge in [0.1, 0.15) is 0 Å². The topological polar surface area (TPSA) is 57.8 Å². The molecule has 0 unspecified atom stereocenters. The Bertz CT molecular complexity index is 823. The minimum Gasteiger partial charge on any atom is -0.347 e. The largest absolute Gasteiger partial charge is 0.416 e. The lowest BCUT2D eigenvalue weighted by molar-refractivity contribution is -0.137. The SMILES string of the molecule is O=C(NCc1ccc(C(F)(F)F)cc1)c1cc(-c2cccs2)[nH]n1. The Morgan fingerprint density at radius 3 is 2.58 bits per heavy atom. The number of rotatable bonds is 4. The second kappa shape index (κ2) is 6.48. The maximum absolute atomic E-state index is 12.5. The molecule has 0 fully saturated rings. The van der Waals surface area contributed by atoms with Crippen molar-refractivity contribution in [2.75, 3.05) is 0 Å². The number of H-pyrrole nitrogens is 1. The minimum atomic E-state index is -4.37. The molecule has 2 N–H and O–H groups in total. The van der Waals surface area contributed by atoms with Gasteiger partial charge in [0.05, 0.1) is 16.1 Å². The normalized spacial score (nSPS) is 11.5. The molecule has 0 radical (unpaired) electrons. The van der Waals surface area contributed by atoms with Crippen molar-refractivity contribution in [2.45, 2.75) is 12.7 Å². The number of amides is 1. The van der Waals surface area contributed by atoms with E-state index in [-0.39, 0.29) is 12.2 Å². The molecule has 2 aromatic heterocycles. The molecular formula is C16H12F3N3OS. The van der Waals surface area contributed by atoms with Crippen LogP contribution in [0.4, 0.5) is 13.2 Å². The summed E-state index contributed by atoms with van der Waals surface area (Å²) in [5.74, 6) is -0.394. The lowest BCUT2D eigenvalue weighted by Crippen LogP contribution is -2.23. The van der Waals surface area contributed by atoms with Crippen LogP contribution >= 0.6 is 11.3 Å². The van der Waals surface area contributed by atoms with Gasteiger partial charge in [0.15, 0.2) is 5.69 Å². The number of alkyl halides is 3. The molecule has 3 aromatic rings. The molecule has 4 nitrogen and oxygen atoms in total. The van der Waals surface area contributed by atoms with E-state index in [1.807, 2.05) is 17.5 Å². The van der Waals surface area contributed by atoms with Gasteiger partial charge >= 0.3 is 6.18 Å². The van der Waals surface area contributed by atoms with Gasteiger partial charge in [-0.25, -0.2) is 0 Å². The zero-order chi connectivity index (χ0) is 17.2. The molecule has 24 heavy (non-hydrogen) atoms. The Kier molecular flexibility index (Phi) is 4.39. The minimum absolute atomic E-state index is 0.123. The number of hydrogen-bond donors (Lipinski definition) is 2. The molecule has 1 amide bonds. The third-order valence-electron chi connectivity index (χ3n) is 3.33. The molecule has 1 aromatic carbocycles. The van der Waals surface area contributed by atoms with Crippen molar-refractivity contribution in [3.05, 3.63) is 64.7 Å². The number of aromatic amines is 1. The van der Waals surface area contributed by atoms with E-state index in [4.69, 9.17) is 0 Å². The fourth-order valence-corrected chi connectivity index (χ4v) is 2.77. The first-order valence-corrected chi connectivity index (χ1v) is 7.85. The predicted molar refractivity (Wildman–Crippen MR) is 84.5 cm³/mol. The number of nitrogens with one attached hydrogen (secondary N) is 2. The molecule has 0 atom stereocenters. The van der Waals surface area contributed by atoms with E-state index in [0.717, 1.165) is 22.7 Å². The van der Waals surface area contributed by atoms with Crippen LogP contribution in [0.2, 0.25) is 0 Å². The van der Waals surface area contributed by atoms with Crippen molar-refractivity contribution in [3.63, 3.8) is 0 Å². The van der Waals surface area contributed by atoms with Gasteiger partial charge in [-0.05, 0) is 35.2 Å². The second-order valence-corrected chi connectivity index (χ2v) is 5.97. The van der Waals surface area contributed by atoms with Crippen LogP contribution in [0, 0.1) is 0 Å². The molecule has 2 heterocycles. The van der Waals surface area contributed by atoms with Crippen molar-refractivity contribution in [3.8, 4) is 10.6 Å². The number of aromatic nitrogens is 2. The molecule has 0 aliphatic rings. The predicted octanol–water partition coefficient (Wildman–Crippen LogP) is 4.09.